The third-order valence-corrected chi connectivity index (χ3v) is 5.31. The van der Waals surface area contributed by atoms with Crippen molar-refractivity contribution in [3.8, 4) is 0 Å². The molecule has 7 nitrogen and oxygen atoms in total. The first-order chi connectivity index (χ1) is 12.7. The molecular formula is C19H27N5O2. The number of hydrogen-bond donors (Lipinski definition) is 1. The van der Waals surface area contributed by atoms with Crippen LogP contribution in [0.3, 0.4) is 0 Å². The van der Waals surface area contributed by atoms with E-state index in [0.717, 1.165) is 67.4 Å². The average Bonchev–Trinajstić information content (AvgIpc) is 3.29. The van der Waals surface area contributed by atoms with Crippen LogP contribution in [0.25, 0.3) is 11.0 Å². The molecule has 7 heteroatoms. The van der Waals surface area contributed by atoms with Crippen LogP contribution < -0.4 is 9.80 Å². The Bertz CT molecular complexity index is 797. The van der Waals surface area contributed by atoms with Crippen LogP contribution in [-0.2, 0) is 9.53 Å². The fourth-order valence-corrected chi connectivity index (χ4v) is 4.06. The summed E-state index contributed by atoms with van der Waals surface area (Å²) in [7, 11) is 0. The van der Waals surface area contributed by atoms with Crippen LogP contribution >= 0.6 is 0 Å². The highest BCUT2D eigenvalue weighted by molar-refractivity contribution is 5.92. The third-order valence-electron chi connectivity index (χ3n) is 5.31. The van der Waals surface area contributed by atoms with Crippen LogP contribution in [0.5, 0.6) is 0 Å². The van der Waals surface area contributed by atoms with Crippen molar-refractivity contribution in [3.63, 3.8) is 0 Å². The second kappa shape index (κ2) is 7.13. The third kappa shape index (κ3) is 3.10. The molecule has 2 aromatic rings. The van der Waals surface area contributed by atoms with Gasteiger partial charge in [-0.25, -0.2) is 4.79 Å². The van der Waals surface area contributed by atoms with Gasteiger partial charge in [0.15, 0.2) is 0 Å². The number of H-pyrrole nitrogens is 1. The number of carbonyl (C=O) groups is 1. The van der Waals surface area contributed by atoms with Gasteiger partial charge in [-0.05, 0) is 52.0 Å². The zero-order valence-electron chi connectivity index (χ0n) is 15.6. The Labute approximate surface area is 153 Å². The Hall–Kier alpha value is -2.31. The second-order valence-electron chi connectivity index (χ2n) is 7.21. The lowest BCUT2D eigenvalue weighted by Gasteiger charge is -2.35. The Morgan fingerprint density at radius 1 is 1.23 bits per heavy atom. The standard InChI is InChI=1S/C19H27N5O2/c1-3-26-18(25)15-8-4-5-11-24(15)17-14-12-13(2)20-16(14)21-19(22-17)23-9-6-7-10-23/h12,15H,3-11H2,1-2H3,(H,20,21,22). The van der Waals surface area contributed by atoms with E-state index >= 15 is 0 Å². The van der Waals surface area contributed by atoms with Crippen molar-refractivity contribution in [2.45, 2.75) is 52.0 Å². The van der Waals surface area contributed by atoms with Gasteiger partial charge < -0.3 is 19.5 Å². The van der Waals surface area contributed by atoms with E-state index in [1.54, 1.807) is 0 Å². The monoisotopic (exact) mass is 357 g/mol. The van der Waals surface area contributed by atoms with Crippen LogP contribution in [0, 0.1) is 6.92 Å². The fourth-order valence-electron chi connectivity index (χ4n) is 4.06. The lowest BCUT2D eigenvalue weighted by molar-refractivity contribution is -0.145. The average molecular weight is 357 g/mol. The van der Waals surface area contributed by atoms with Gasteiger partial charge >= 0.3 is 5.97 Å². The van der Waals surface area contributed by atoms with Gasteiger partial charge in [0.25, 0.3) is 0 Å². The Balaban J connectivity index is 1.78. The van der Waals surface area contributed by atoms with Gasteiger partial charge in [-0.1, -0.05) is 0 Å². The molecule has 2 aliphatic rings. The highest BCUT2D eigenvalue weighted by Crippen LogP contribution is 2.32. The van der Waals surface area contributed by atoms with Crippen molar-refractivity contribution in [2.24, 2.45) is 0 Å². The molecule has 1 N–H and O–H groups in total. The normalized spacial score (nSPS) is 20.8. The molecule has 0 spiro atoms. The van der Waals surface area contributed by atoms with Gasteiger partial charge in [-0.3, -0.25) is 0 Å². The minimum atomic E-state index is -0.261. The molecule has 0 radical (unpaired) electrons. The highest BCUT2D eigenvalue weighted by atomic mass is 16.5. The maximum atomic E-state index is 12.5. The minimum absolute atomic E-state index is 0.144. The number of ether oxygens (including phenoxy) is 1. The maximum Gasteiger partial charge on any atom is 0.328 e. The van der Waals surface area contributed by atoms with Crippen LogP contribution in [-0.4, -0.2) is 53.2 Å². The Kier molecular flexibility index (Phi) is 4.70. The van der Waals surface area contributed by atoms with Crippen LogP contribution in [0.4, 0.5) is 11.8 Å². The van der Waals surface area contributed by atoms with Gasteiger partial charge in [0.1, 0.15) is 17.5 Å². The SMILES string of the molecule is CCOC(=O)C1CCCCN1c1nc(N2CCCC2)nc2[nH]c(C)cc12. The van der Waals surface area contributed by atoms with E-state index in [2.05, 4.69) is 20.9 Å². The van der Waals surface area contributed by atoms with E-state index in [1.807, 2.05) is 13.8 Å². The predicted molar refractivity (Wildman–Crippen MR) is 102 cm³/mol. The molecule has 1 atom stereocenters. The first-order valence-electron chi connectivity index (χ1n) is 9.73. The molecule has 2 saturated heterocycles. The summed E-state index contributed by atoms with van der Waals surface area (Å²) in [4.78, 5) is 29.9. The number of rotatable bonds is 4. The quantitative estimate of drug-likeness (QED) is 0.848. The van der Waals surface area contributed by atoms with Crippen molar-refractivity contribution in [1.82, 2.24) is 15.0 Å². The van der Waals surface area contributed by atoms with Crippen molar-refractivity contribution >= 4 is 28.8 Å². The summed E-state index contributed by atoms with van der Waals surface area (Å²) < 4.78 is 5.34. The number of nitrogens with zero attached hydrogens (tertiary/aromatic N) is 4. The summed E-state index contributed by atoms with van der Waals surface area (Å²) in [5.41, 5.74) is 1.90. The molecule has 4 rings (SSSR count). The molecular weight excluding hydrogens is 330 g/mol. The second-order valence-corrected chi connectivity index (χ2v) is 7.21. The lowest BCUT2D eigenvalue weighted by Crippen LogP contribution is -2.46. The number of nitrogens with one attached hydrogen (secondary N) is 1. The van der Waals surface area contributed by atoms with Crippen LogP contribution in [0.1, 0.15) is 44.7 Å². The molecule has 0 bridgehead atoms. The summed E-state index contributed by atoms with van der Waals surface area (Å²) in [6.07, 6.45) is 5.27. The van der Waals surface area contributed by atoms with E-state index in [4.69, 9.17) is 14.7 Å². The van der Waals surface area contributed by atoms with Gasteiger partial charge in [-0.15, -0.1) is 0 Å². The van der Waals surface area contributed by atoms with E-state index in [1.165, 1.54) is 12.8 Å². The van der Waals surface area contributed by atoms with E-state index in [-0.39, 0.29) is 12.0 Å². The Morgan fingerprint density at radius 3 is 2.77 bits per heavy atom. The first-order valence-corrected chi connectivity index (χ1v) is 9.73. The topological polar surface area (TPSA) is 74.3 Å². The molecule has 1 unspecified atom stereocenters. The van der Waals surface area contributed by atoms with E-state index < -0.39 is 0 Å². The van der Waals surface area contributed by atoms with Gasteiger partial charge in [0.05, 0.1) is 12.0 Å². The predicted octanol–water partition coefficient (Wildman–Crippen LogP) is 2.79. The molecule has 0 aromatic carbocycles. The fraction of sp³-hybridized carbons (Fsp3) is 0.632. The number of hydrogen-bond acceptors (Lipinski definition) is 6. The number of fused-ring (bicyclic) bond motifs is 1. The highest BCUT2D eigenvalue weighted by Gasteiger charge is 2.33. The molecule has 2 fully saturated rings. The number of esters is 1. The molecule has 0 saturated carbocycles. The lowest BCUT2D eigenvalue weighted by atomic mass is 10.0. The summed E-state index contributed by atoms with van der Waals surface area (Å²) in [6, 6.07) is 1.82. The molecule has 4 heterocycles. The summed E-state index contributed by atoms with van der Waals surface area (Å²) in [6.45, 7) is 7.09. The van der Waals surface area contributed by atoms with Crippen molar-refractivity contribution in [3.05, 3.63) is 11.8 Å². The van der Waals surface area contributed by atoms with E-state index in [0.29, 0.717) is 6.61 Å². The van der Waals surface area contributed by atoms with Crippen LogP contribution in [0.2, 0.25) is 0 Å². The Morgan fingerprint density at radius 2 is 2.00 bits per heavy atom. The molecule has 0 aliphatic carbocycles. The summed E-state index contributed by atoms with van der Waals surface area (Å²) >= 11 is 0. The molecule has 140 valence electrons. The van der Waals surface area contributed by atoms with Crippen molar-refractivity contribution in [2.75, 3.05) is 36.0 Å². The number of piperidine rings is 1. The van der Waals surface area contributed by atoms with Gasteiger partial charge in [0.2, 0.25) is 5.95 Å². The zero-order valence-corrected chi connectivity index (χ0v) is 15.6. The first kappa shape index (κ1) is 17.1. The zero-order chi connectivity index (χ0) is 18.1. The minimum Gasteiger partial charge on any atom is -0.464 e. The summed E-state index contributed by atoms with van der Waals surface area (Å²) in [5.74, 6) is 1.48. The smallest absolute Gasteiger partial charge is 0.328 e. The number of aromatic amines is 1. The van der Waals surface area contributed by atoms with Crippen molar-refractivity contribution in [1.29, 1.82) is 0 Å². The van der Waals surface area contributed by atoms with Gasteiger partial charge in [-0.2, -0.15) is 9.97 Å². The molecule has 2 aromatic heterocycles. The molecule has 2 aliphatic heterocycles. The van der Waals surface area contributed by atoms with Crippen LogP contribution in [0.15, 0.2) is 6.07 Å². The molecule has 0 amide bonds. The number of aryl methyl sites for hydroxylation is 1. The number of anilines is 2. The summed E-state index contributed by atoms with van der Waals surface area (Å²) in [5, 5.41) is 0.988. The number of carbonyl (C=O) groups excluding carboxylic acids is 1. The number of aromatic nitrogens is 3. The molecule has 26 heavy (non-hydrogen) atoms. The largest absolute Gasteiger partial charge is 0.464 e. The van der Waals surface area contributed by atoms with E-state index in [9.17, 15) is 4.79 Å². The maximum absolute atomic E-state index is 12.5. The van der Waals surface area contributed by atoms with Crippen molar-refractivity contribution < 1.29 is 9.53 Å². The van der Waals surface area contributed by atoms with Gasteiger partial charge in [0, 0.05) is 25.3 Å².